The molecular formula is C26H16BrF3N4O2S. The number of para-hydroxylation sites is 1. The third kappa shape index (κ3) is 5.27. The van der Waals surface area contributed by atoms with Gasteiger partial charge in [0.2, 0.25) is 0 Å². The Balaban J connectivity index is 1.41. The van der Waals surface area contributed by atoms with Crippen molar-refractivity contribution in [3.63, 3.8) is 0 Å². The SMILES string of the molecule is O=C(Nc1ccc(-n2nc(C(=O)Nc3cccc(C(F)(F)F)c3)c3ccccc32)cc1)c1ccc(Br)s1. The third-order valence-electron chi connectivity index (χ3n) is 5.42. The van der Waals surface area contributed by atoms with E-state index in [1.807, 2.05) is 0 Å². The van der Waals surface area contributed by atoms with E-state index in [9.17, 15) is 22.8 Å². The van der Waals surface area contributed by atoms with Crippen LogP contribution in [0.5, 0.6) is 0 Å². The van der Waals surface area contributed by atoms with E-state index < -0.39 is 17.6 Å². The molecule has 186 valence electrons. The Morgan fingerprint density at radius 2 is 1.57 bits per heavy atom. The highest BCUT2D eigenvalue weighted by atomic mass is 79.9. The second kappa shape index (κ2) is 9.83. The van der Waals surface area contributed by atoms with Crippen LogP contribution in [0.4, 0.5) is 24.5 Å². The largest absolute Gasteiger partial charge is 0.416 e. The van der Waals surface area contributed by atoms with Crippen LogP contribution in [0.2, 0.25) is 0 Å². The van der Waals surface area contributed by atoms with Crippen molar-refractivity contribution in [2.45, 2.75) is 6.18 Å². The Morgan fingerprint density at radius 3 is 2.27 bits per heavy atom. The number of rotatable bonds is 5. The van der Waals surface area contributed by atoms with Crippen molar-refractivity contribution in [2.75, 3.05) is 10.6 Å². The summed E-state index contributed by atoms with van der Waals surface area (Å²) in [5.41, 5.74) is 1.06. The highest BCUT2D eigenvalue weighted by Crippen LogP contribution is 2.31. The second-order valence-corrected chi connectivity index (χ2v) is 10.4. The third-order valence-corrected chi connectivity index (χ3v) is 7.04. The summed E-state index contributed by atoms with van der Waals surface area (Å²) in [4.78, 5) is 26.0. The van der Waals surface area contributed by atoms with Gasteiger partial charge in [0.15, 0.2) is 5.69 Å². The van der Waals surface area contributed by atoms with Gasteiger partial charge < -0.3 is 10.6 Å². The van der Waals surface area contributed by atoms with Crippen LogP contribution in [0.15, 0.2) is 88.7 Å². The molecule has 11 heteroatoms. The first kappa shape index (κ1) is 24.7. The number of carbonyl (C=O) groups excluding carboxylic acids is 2. The average Bonchev–Trinajstić information content (AvgIpc) is 3.48. The molecule has 6 nitrogen and oxygen atoms in total. The number of hydrogen-bond donors (Lipinski definition) is 2. The smallest absolute Gasteiger partial charge is 0.321 e. The van der Waals surface area contributed by atoms with Gasteiger partial charge in [-0.1, -0.05) is 24.3 Å². The molecule has 0 spiro atoms. The Bertz CT molecular complexity index is 1630. The fourth-order valence-corrected chi connectivity index (χ4v) is 4.99. The Hall–Kier alpha value is -3.96. The van der Waals surface area contributed by atoms with Crippen LogP contribution in [-0.4, -0.2) is 21.6 Å². The van der Waals surface area contributed by atoms with Gasteiger partial charge in [0.05, 0.1) is 25.4 Å². The molecule has 2 heterocycles. The highest BCUT2D eigenvalue weighted by Gasteiger charge is 2.30. The molecular weight excluding hydrogens is 569 g/mol. The summed E-state index contributed by atoms with van der Waals surface area (Å²) in [6.07, 6.45) is -4.53. The van der Waals surface area contributed by atoms with E-state index in [4.69, 9.17) is 0 Å². The first-order valence-corrected chi connectivity index (χ1v) is 12.4. The Morgan fingerprint density at radius 1 is 0.838 bits per heavy atom. The topological polar surface area (TPSA) is 76.0 Å². The second-order valence-electron chi connectivity index (χ2n) is 7.92. The number of hydrogen-bond acceptors (Lipinski definition) is 4. The lowest BCUT2D eigenvalue weighted by Crippen LogP contribution is -2.14. The van der Waals surface area contributed by atoms with Gasteiger partial charge in [0.25, 0.3) is 11.8 Å². The molecule has 2 amide bonds. The quantitative estimate of drug-likeness (QED) is 0.226. The van der Waals surface area contributed by atoms with E-state index in [1.54, 1.807) is 65.3 Å². The predicted octanol–water partition coefficient (Wildman–Crippen LogP) is 7.37. The number of fused-ring (bicyclic) bond motifs is 1. The summed E-state index contributed by atoms with van der Waals surface area (Å²) in [5.74, 6) is -0.873. The van der Waals surface area contributed by atoms with Crippen LogP contribution in [0.25, 0.3) is 16.6 Å². The van der Waals surface area contributed by atoms with Crippen LogP contribution < -0.4 is 10.6 Å². The molecule has 5 aromatic rings. The van der Waals surface area contributed by atoms with Crippen molar-refractivity contribution in [1.82, 2.24) is 9.78 Å². The molecule has 2 aromatic heterocycles. The Labute approximate surface area is 220 Å². The van der Waals surface area contributed by atoms with Crippen molar-refractivity contribution in [3.8, 4) is 5.69 Å². The molecule has 0 aliphatic carbocycles. The zero-order valence-electron chi connectivity index (χ0n) is 18.7. The number of benzene rings is 3. The fourth-order valence-electron chi connectivity index (χ4n) is 3.71. The monoisotopic (exact) mass is 584 g/mol. The van der Waals surface area contributed by atoms with Crippen LogP contribution in [0, 0.1) is 0 Å². The number of alkyl halides is 3. The van der Waals surface area contributed by atoms with E-state index >= 15 is 0 Å². The zero-order chi connectivity index (χ0) is 26.2. The van der Waals surface area contributed by atoms with Crippen molar-refractivity contribution in [3.05, 3.63) is 105 Å². The Kier molecular flexibility index (Phi) is 6.57. The van der Waals surface area contributed by atoms with Gasteiger partial charge in [-0.25, -0.2) is 4.68 Å². The molecule has 37 heavy (non-hydrogen) atoms. The van der Waals surface area contributed by atoms with Gasteiger partial charge in [-0.15, -0.1) is 11.3 Å². The molecule has 2 N–H and O–H groups in total. The molecule has 0 aliphatic rings. The van der Waals surface area contributed by atoms with E-state index in [0.29, 0.717) is 27.2 Å². The van der Waals surface area contributed by atoms with E-state index in [1.165, 1.54) is 23.5 Å². The number of nitrogens with one attached hydrogen (secondary N) is 2. The maximum absolute atomic E-state index is 13.1. The first-order chi connectivity index (χ1) is 17.7. The van der Waals surface area contributed by atoms with Crippen molar-refractivity contribution < 1.29 is 22.8 Å². The fraction of sp³-hybridized carbons (Fsp3) is 0.0385. The summed E-state index contributed by atoms with van der Waals surface area (Å²) in [6, 6.07) is 21.9. The summed E-state index contributed by atoms with van der Waals surface area (Å²) in [5, 5.41) is 10.3. The summed E-state index contributed by atoms with van der Waals surface area (Å²) in [7, 11) is 0. The number of carbonyl (C=O) groups is 2. The molecule has 0 radical (unpaired) electrons. The molecule has 5 rings (SSSR count). The summed E-state index contributed by atoms with van der Waals surface area (Å²) < 4.78 is 41.6. The number of amides is 2. The minimum absolute atomic E-state index is 0.0105. The van der Waals surface area contributed by atoms with Crippen molar-refractivity contribution in [1.29, 1.82) is 0 Å². The number of halogens is 4. The summed E-state index contributed by atoms with van der Waals surface area (Å²) >= 11 is 4.66. The molecule has 3 aromatic carbocycles. The van der Waals surface area contributed by atoms with E-state index in [-0.39, 0.29) is 17.3 Å². The lowest BCUT2D eigenvalue weighted by atomic mass is 10.1. The lowest BCUT2D eigenvalue weighted by Gasteiger charge is -2.09. The average molecular weight is 585 g/mol. The van der Waals surface area contributed by atoms with Gasteiger partial charge >= 0.3 is 6.18 Å². The van der Waals surface area contributed by atoms with E-state index in [0.717, 1.165) is 15.9 Å². The minimum atomic E-state index is -4.53. The number of thiophene rings is 1. The van der Waals surface area contributed by atoms with Crippen molar-refractivity contribution >= 4 is 61.4 Å². The van der Waals surface area contributed by atoms with E-state index in [2.05, 4.69) is 31.7 Å². The predicted molar refractivity (Wildman–Crippen MR) is 140 cm³/mol. The zero-order valence-corrected chi connectivity index (χ0v) is 21.1. The normalized spacial score (nSPS) is 11.5. The highest BCUT2D eigenvalue weighted by molar-refractivity contribution is 9.11. The molecule has 0 fully saturated rings. The lowest BCUT2D eigenvalue weighted by molar-refractivity contribution is -0.137. The molecule has 0 saturated heterocycles. The van der Waals surface area contributed by atoms with Crippen LogP contribution in [0.1, 0.15) is 25.7 Å². The van der Waals surface area contributed by atoms with Gasteiger partial charge in [0, 0.05) is 16.8 Å². The number of nitrogens with zero attached hydrogens (tertiary/aromatic N) is 2. The first-order valence-electron chi connectivity index (χ1n) is 10.8. The number of anilines is 2. The van der Waals surface area contributed by atoms with Gasteiger partial charge in [0.1, 0.15) is 0 Å². The van der Waals surface area contributed by atoms with Crippen molar-refractivity contribution in [2.24, 2.45) is 0 Å². The number of aromatic nitrogens is 2. The van der Waals surface area contributed by atoms with Gasteiger partial charge in [-0.2, -0.15) is 18.3 Å². The maximum atomic E-state index is 13.1. The molecule has 0 saturated carbocycles. The molecule has 0 bridgehead atoms. The summed E-state index contributed by atoms with van der Waals surface area (Å²) in [6.45, 7) is 0. The standard InChI is InChI=1S/C26H16BrF3N4O2S/c27-22-13-12-21(37-22)24(35)31-16-8-10-18(11-9-16)34-20-7-2-1-6-19(20)23(33-34)25(36)32-17-5-3-4-15(14-17)26(28,29)30/h1-14H,(H,31,35)(H,32,36). The maximum Gasteiger partial charge on any atom is 0.416 e. The van der Waals surface area contributed by atoms with Crippen LogP contribution in [-0.2, 0) is 6.18 Å². The molecule has 0 atom stereocenters. The van der Waals surface area contributed by atoms with Crippen LogP contribution in [0.3, 0.4) is 0 Å². The molecule has 0 aliphatic heterocycles. The van der Waals surface area contributed by atoms with Gasteiger partial charge in [-0.3, -0.25) is 9.59 Å². The molecule has 0 unspecified atom stereocenters. The van der Waals surface area contributed by atoms with Crippen LogP contribution >= 0.6 is 27.3 Å². The minimum Gasteiger partial charge on any atom is -0.321 e. The van der Waals surface area contributed by atoms with Gasteiger partial charge in [-0.05, 0) is 76.6 Å².